The number of hydrogen-bond donors (Lipinski definition) is 2. The van der Waals surface area contributed by atoms with Crippen LogP contribution in [0.25, 0.3) is 0 Å². The Balaban J connectivity index is 2.13. The van der Waals surface area contributed by atoms with Gasteiger partial charge in [-0.1, -0.05) is 46.9 Å². The predicted octanol–water partition coefficient (Wildman–Crippen LogP) is 4.16. The van der Waals surface area contributed by atoms with Crippen LogP contribution in [0.4, 0.5) is 5.69 Å². The van der Waals surface area contributed by atoms with Crippen molar-refractivity contribution in [1.29, 1.82) is 0 Å². The quantitative estimate of drug-likeness (QED) is 0.831. The molecule has 0 aliphatic heterocycles. The summed E-state index contributed by atoms with van der Waals surface area (Å²) >= 11 is 17.8. The summed E-state index contributed by atoms with van der Waals surface area (Å²) in [5.74, 6) is -0.343. The molecule has 0 radical (unpaired) electrons. The average molecular weight is 330 g/mol. The van der Waals surface area contributed by atoms with E-state index >= 15 is 0 Å². The fourth-order valence-corrected chi connectivity index (χ4v) is 2.34. The number of amides is 1. The van der Waals surface area contributed by atoms with Crippen molar-refractivity contribution in [3.8, 4) is 0 Å². The number of nitrogen functional groups attached to an aromatic ring is 1. The molecule has 0 heterocycles. The van der Waals surface area contributed by atoms with E-state index in [2.05, 4.69) is 5.32 Å². The summed E-state index contributed by atoms with van der Waals surface area (Å²) in [5.41, 5.74) is 7.17. The molecule has 0 aliphatic carbocycles. The zero-order chi connectivity index (χ0) is 14.7. The highest BCUT2D eigenvalue weighted by Gasteiger charge is 2.14. The van der Waals surface area contributed by atoms with Gasteiger partial charge in [0.1, 0.15) is 0 Å². The molecule has 0 unspecified atom stereocenters. The Hall–Kier alpha value is -1.42. The molecule has 0 fully saturated rings. The van der Waals surface area contributed by atoms with Crippen molar-refractivity contribution in [3.05, 3.63) is 62.6 Å². The molecular weight excluding hydrogens is 319 g/mol. The standard InChI is InChI=1S/C14H11Cl3N2O/c15-9-3-1-2-8(4-9)7-19-14(20)11-5-10(18)6-12(16)13(11)17/h1-6H,7,18H2,(H,19,20). The van der Waals surface area contributed by atoms with Crippen LogP contribution >= 0.6 is 34.8 Å². The van der Waals surface area contributed by atoms with Gasteiger partial charge in [0.25, 0.3) is 5.91 Å². The van der Waals surface area contributed by atoms with Crippen LogP contribution in [0.1, 0.15) is 15.9 Å². The molecule has 3 nitrogen and oxygen atoms in total. The van der Waals surface area contributed by atoms with Crippen LogP contribution < -0.4 is 11.1 Å². The molecule has 104 valence electrons. The Morgan fingerprint density at radius 1 is 1.15 bits per heavy atom. The summed E-state index contributed by atoms with van der Waals surface area (Å²) in [5, 5.41) is 3.79. The van der Waals surface area contributed by atoms with E-state index in [9.17, 15) is 4.79 Å². The molecule has 20 heavy (non-hydrogen) atoms. The zero-order valence-corrected chi connectivity index (χ0v) is 12.6. The first-order valence-corrected chi connectivity index (χ1v) is 6.88. The summed E-state index contributed by atoms with van der Waals surface area (Å²) in [6.07, 6.45) is 0. The van der Waals surface area contributed by atoms with E-state index in [4.69, 9.17) is 40.5 Å². The third-order valence-corrected chi connectivity index (χ3v) is 3.67. The Morgan fingerprint density at radius 2 is 1.90 bits per heavy atom. The summed E-state index contributed by atoms with van der Waals surface area (Å²) in [4.78, 5) is 12.1. The molecule has 2 aromatic carbocycles. The van der Waals surface area contributed by atoms with Gasteiger partial charge in [0, 0.05) is 17.3 Å². The second kappa shape index (κ2) is 6.35. The molecule has 2 rings (SSSR count). The van der Waals surface area contributed by atoms with Crippen molar-refractivity contribution in [3.63, 3.8) is 0 Å². The van der Waals surface area contributed by atoms with E-state index < -0.39 is 0 Å². The average Bonchev–Trinajstić information content (AvgIpc) is 2.40. The SMILES string of the molecule is Nc1cc(Cl)c(Cl)c(C(=O)NCc2cccc(Cl)c2)c1. The molecule has 2 aromatic rings. The Kier molecular flexibility index (Phi) is 4.76. The predicted molar refractivity (Wildman–Crippen MR) is 83.5 cm³/mol. The van der Waals surface area contributed by atoms with Crippen LogP contribution in [0.15, 0.2) is 36.4 Å². The van der Waals surface area contributed by atoms with Crippen LogP contribution in [0.5, 0.6) is 0 Å². The van der Waals surface area contributed by atoms with Crippen molar-refractivity contribution >= 4 is 46.4 Å². The van der Waals surface area contributed by atoms with E-state index in [0.29, 0.717) is 17.3 Å². The van der Waals surface area contributed by atoms with Gasteiger partial charge in [-0.15, -0.1) is 0 Å². The lowest BCUT2D eigenvalue weighted by Crippen LogP contribution is -2.23. The third-order valence-electron chi connectivity index (χ3n) is 2.64. The van der Waals surface area contributed by atoms with Gasteiger partial charge < -0.3 is 11.1 Å². The van der Waals surface area contributed by atoms with Gasteiger partial charge in [0.2, 0.25) is 0 Å². The maximum atomic E-state index is 12.1. The van der Waals surface area contributed by atoms with Crippen molar-refractivity contribution in [1.82, 2.24) is 5.32 Å². The Bertz CT molecular complexity index is 659. The van der Waals surface area contributed by atoms with Gasteiger partial charge in [0.05, 0.1) is 15.6 Å². The second-order valence-corrected chi connectivity index (χ2v) is 5.40. The molecular formula is C14H11Cl3N2O. The van der Waals surface area contributed by atoms with Crippen molar-refractivity contribution in [2.45, 2.75) is 6.54 Å². The Morgan fingerprint density at radius 3 is 2.60 bits per heavy atom. The van der Waals surface area contributed by atoms with Gasteiger partial charge in [-0.05, 0) is 29.8 Å². The highest BCUT2D eigenvalue weighted by Crippen LogP contribution is 2.28. The van der Waals surface area contributed by atoms with Crippen molar-refractivity contribution < 1.29 is 4.79 Å². The minimum Gasteiger partial charge on any atom is -0.399 e. The molecule has 1 amide bonds. The van der Waals surface area contributed by atoms with Crippen molar-refractivity contribution in [2.24, 2.45) is 0 Å². The number of benzene rings is 2. The maximum absolute atomic E-state index is 12.1. The first-order chi connectivity index (χ1) is 9.47. The second-order valence-electron chi connectivity index (χ2n) is 4.18. The highest BCUT2D eigenvalue weighted by atomic mass is 35.5. The van der Waals surface area contributed by atoms with Gasteiger partial charge in [-0.25, -0.2) is 0 Å². The fraction of sp³-hybridized carbons (Fsp3) is 0.0714. The smallest absolute Gasteiger partial charge is 0.253 e. The minimum absolute atomic E-state index is 0.185. The van der Waals surface area contributed by atoms with E-state index in [0.717, 1.165) is 5.56 Å². The first kappa shape index (κ1) is 15.0. The maximum Gasteiger partial charge on any atom is 0.253 e. The number of anilines is 1. The van der Waals surface area contributed by atoms with Crippen molar-refractivity contribution in [2.75, 3.05) is 5.73 Å². The number of nitrogens with two attached hydrogens (primary N) is 1. The lowest BCUT2D eigenvalue weighted by molar-refractivity contribution is 0.0951. The lowest BCUT2D eigenvalue weighted by Gasteiger charge is -2.09. The van der Waals surface area contributed by atoms with Crippen LogP contribution in [0.2, 0.25) is 15.1 Å². The molecule has 0 aromatic heterocycles. The number of rotatable bonds is 3. The first-order valence-electron chi connectivity index (χ1n) is 5.74. The molecule has 0 spiro atoms. The summed E-state index contributed by atoms with van der Waals surface area (Å²) in [6, 6.07) is 10.2. The molecule has 0 aliphatic rings. The van der Waals surface area contributed by atoms with Gasteiger partial charge in [-0.2, -0.15) is 0 Å². The monoisotopic (exact) mass is 328 g/mol. The fourth-order valence-electron chi connectivity index (χ4n) is 1.70. The molecule has 6 heteroatoms. The van der Waals surface area contributed by atoms with Gasteiger partial charge in [-0.3, -0.25) is 4.79 Å². The van der Waals surface area contributed by atoms with Crippen LogP contribution in [-0.4, -0.2) is 5.91 Å². The summed E-state index contributed by atoms with van der Waals surface area (Å²) in [7, 11) is 0. The zero-order valence-electron chi connectivity index (χ0n) is 10.3. The molecule has 0 saturated heterocycles. The van der Waals surface area contributed by atoms with Crippen LogP contribution in [0, 0.1) is 0 Å². The van der Waals surface area contributed by atoms with Crippen LogP contribution in [0.3, 0.4) is 0 Å². The van der Waals surface area contributed by atoms with E-state index in [-0.39, 0.29) is 21.5 Å². The van der Waals surface area contributed by atoms with Gasteiger partial charge >= 0.3 is 0 Å². The highest BCUT2D eigenvalue weighted by molar-refractivity contribution is 6.44. The number of carbonyl (C=O) groups is 1. The summed E-state index contributed by atoms with van der Waals surface area (Å²) < 4.78 is 0. The van der Waals surface area contributed by atoms with E-state index in [1.165, 1.54) is 12.1 Å². The molecule has 0 saturated carbocycles. The molecule has 0 bridgehead atoms. The van der Waals surface area contributed by atoms with E-state index in [1.54, 1.807) is 12.1 Å². The van der Waals surface area contributed by atoms with E-state index in [1.807, 2.05) is 12.1 Å². The summed E-state index contributed by atoms with van der Waals surface area (Å²) in [6.45, 7) is 0.335. The largest absolute Gasteiger partial charge is 0.399 e. The number of carbonyl (C=O) groups excluding carboxylic acids is 1. The number of halogens is 3. The number of hydrogen-bond acceptors (Lipinski definition) is 2. The molecule has 0 atom stereocenters. The normalized spacial score (nSPS) is 10.3. The number of nitrogens with one attached hydrogen (secondary N) is 1. The Labute approximate surface area is 131 Å². The third kappa shape index (κ3) is 3.57. The molecule has 3 N–H and O–H groups in total. The van der Waals surface area contributed by atoms with Crippen LogP contribution in [-0.2, 0) is 6.54 Å². The lowest BCUT2D eigenvalue weighted by atomic mass is 10.1. The topological polar surface area (TPSA) is 55.1 Å². The minimum atomic E-state index is -0.343. The van der Waals surface area contributed by atoms with Gasteiger partial charge in [0.15, 0.2) is 0 Å².